The summed E-state index contributed by atoms with van der Waals surface area (Å²) < 4.78 is 10.7. The molecule has 0 rings (SSSR count). The van der Waals surface area contributed by atoms with Crippen molar-refractivity contribution in [1.82, 2.24) is 0 Å². The van der Waals surface area contributed by atoms with Crippen LogP contribution < -0.4 is 0 Å². The maximum absolute atomic E-state index is 12.2. The number of carbonyl (C=O) groups is 2. The highest BCUT2D eigenvalue weighted by Gasteiger charge is 2.16. The first-order valence-electron chi connectivity index (χ1n) is 22.7. The summed E-state index contributed by atoms with van der Waals surface area (Å²) in [7, 11) is 0. The number of aliphatic hydroxyl groups excluding tert-OH is 1. The second-order valence-electron chi connectivity index (χ2n) is 15.5. The molecule has 0 saturated heterocycles. The van der Waals surface area contributed by atoms with E-state index in [1.165, 1.54) is 186 Å². The number of hydrogen-bond acceptors (Lipinski definition) is 5. The van der Waals surface area contributed by atoms with Gasteiger partial charge in [-0.1, -0.05) is 212 Å². The second kappa shape index (κ2) is 43.0. The maximum atomic E-state index is 12.2. The lowest BCUT2D eigenvalue weighted by molar-refractivity contribution is -0.161. The van der Waals surface area contributed by atoms with Gasteiger partial charge in [-0.3, -0.25) is 9.59 Å². The van der Waals surface area contributed by atoms with Crippen LogP contribution in [-0.4, -0.2) is 36.4 Å². The van der Waals surface area contributed by atoms with Crippen LogP contribution in [0, 0.1) is 0 Å². The Morgan fingerprint density at radius 3 is 1.06 bits per heavy atom. The number of ether oxygens (including phenoxy) is 2. The van der Waals surface area contributed by atoms with E-state index < -0.39 is 6.10 Å². The molecule has 0 aliphatic carbocycles. The lowest BCUT2D eigenvalue weighted by Gasteiger charge is -2.15. The highest BCUT2D eigenvalue weighted by molar-refractivity contribution is 5.70. The van der Waals surface area contributed by atoms with Crippen molar-refractivity contribution >= 4 is 11.9 Å². The van der Waals surface area contributed by atoms with Crippen molar-refractivity contribution in [2.45, 2.75) is 258 Å². The molecule has 0 radical (unpaired) electrons. The minimum Gasteiger partial charge on any atom is -0.462 e. The van der Waals surface area contributed by atoms with Crippen molar-refractivity contribution in [2.75, 3.05) is 13.2 Å². The van der Waals surface area contributed by atoms with Crippen LogP contribution in [0.4, 0.5) is 0 Å². The number of unbranched alkanes of at least 4 members (excludes halogenated alkanes) is 32. The molecule has 1 atom stereocenters. The van der Waals surface area contributed by atoms with Crippen LogP contribution in [0.25, 0.3) is 0 Å². The summed E-state index contributed by atoms with van der Waals surface area (Å²) in [4.78, 5) is 24.3. The molecule has 0 unspecified atom stereocenters. The molecular formula is C46H88O5. The molecule has 0 fully saturated rings. The second-order valence-corrected chi connectivity index (χ2v) is 15.5. The zero-order valence-electron chi connectivity index (χ0n) is 34.4. The van der Waals surface area contributed by atoms with Crippen molar-refractivity contribution in [3.8, 4) is 0 Å². The zero-order valence-corrected chi connectivity index (χ0v) is 34.4. The van der Waals surface area contributed by atoms with Gasteiger partial charge in [-0.2, -0.15) is 0 Å². The lowest BCUT2D eigenvalue weighted by atomic mass is 10.0. The molecule has 302 valence electrons. The van der Waals surface area contributed by atoms with Gasteiger partial charge in [0.25, 0.3) is 0 Å². The summed E-state index contributed by atoms with van der Waals surface area (Å²) in [6, 6.07) is 0. The Kier molecular flexibility index (Phi) is 41.9. The van der Waals surface area contributed by atoms with Crippen LogP contribution in [0.3, 0.4) is 0 Å². The van der Waals surface area contributed by atoms with Crippen LogP contribution in [0.1, 0.15) is 251 Å². The Morgan fingerprint density at radius 1 is 0.431 bits per heavy atom. The van der Waals surface area contributed by atoms with Gasteiger partial charge in [0, 0.05) is 12.8 Å². The van der Waals surface area contributed by atoms with Crippen LogP contribution in [0.2, 0.25) is 0 Å². The minimum absolute atomic E-state index is 0.0595. The summed E-state index contributed by atoms with van der Waals surface area (Å²) in [6.07, 6.45) is 50.0. The van der Waals surface area contributed by atoms with Gasteiger partial charge in [0.2, 0.25) is 0 Å². The van der Waals surface area contributed by atoms with Crippen molar-refractivity contribution in [3.05, 3.63) is 12.2 Å². The van der Waals surface area contributed by atoms with Crippen molar-refractivity contribution in [2.24, 2.45) is 0 Å². The van der Waals surface area contributed by atoms with Crippen molar-refractivity contribution in [1.29, 1.82) is 0 Å². The van der Waals surface area contributed by atoms with Gasteiger partial charge in [0.05, 0.1) is 6.61 Å². The van der Waals surface area contributed by atoms with Gasteiger partial charge in [0.1, 0.15) is 6.61 Å². The Morgan fingerprint density at radius 2 is 0.725 bits per heavy atom. The van der Waals surface area contributed by atoms with E-state index >= 15 is 0 Å². The van der Waals surface area contributed by atoms with E-state index in [0.29, 0.717) is 12.8 Å². The normalized spacial score (nSPS) is 12.1. The van der Waals surface area contributed by atoms with E-state index in [9.17, 15) is 14.7 Å². The van der Waals surface area contributed by atoms with Gasteiger partial charge >= 0.3 is 11.9 Å². The molecule has 0 heterocycles. The number of carbonyl (C=O) groups excluding carboxylic acids is 2. The Hall–Kier alpha value is -1.36. The fourth-order valence-corrected chi connectivity index (χ4v) is 6.85. The third kappa shape index (κ3) is 41.3. The molecule has 0 saturated carbocycles. The van der Waals surface area contributed by atoms with E-state index in [0.717, 1.165) is 38.5 Å². The molecule has 5 heteroatoms. The van der Waals surface area contributed by atoms with Gasteiger partial charge < -0.3 is 14.6 Å². The first-order chi connectivity index (χ1) is 25.1. The van der Waals surface area contributed by atoms with Gasteiger partial charge in [-0.25, -0.2) is 0 Å². The molecule has 0 bridgehead atoms. The average Bonchev–Trinajstić information content (AvgIpc) is 3.13. The van der Waals surface area contributed by atoms with E-state index in [1.54, 1.807) is 0 Å². The number of rotatable bonds is 42. The molecule has 0 amide bonds. The van der Waals surface area contributed by atoms with Crippen LogP contribution in [0.5, 0.6) is 0 Å². The number of esters is 2. The lowest BCUT2D eigenvalue weighted by Crippen LogP contribution is -2.28. The van der Waals surface area contributed by atoms with E-state index in [-0.39, 0.29) is 25.2 Å². The maximum Gasteiger partial charge on any atom is 0.306 e. The fourth-order valence-electron chi connectivity index (χ4n) is 6.85. The fraction of sp³-hybridized carbons (Fsp3) is 0.913. The molecule has 51 heavy (non-hydrogen) atoms. The predicted molar refractivity (Wildman–Crippen MR) is 219 cm³/mol. The summed E-state index contributed by atoms with van der Waals surface area (Å²) in [5.74, 6) is -0.576. The monoisotopic (exact) mass is 721 g/mol. The Balaban J connectivity index is 3.47. The van der Waals surface area contributed by atoms with E-state index in [4.69, 9.17) is 9.47 Å². The molecule has 0 spiro atoms. The van der Waals surface area contributed by atoms with Gasteiger partial charge in [0.15, 0.2) is 6.10 Å². The zero-order chi connectivity index (χ0) is 37.1. The largest absolute Gasteiger partial charge is 0.462 e. The highest BCUT2D eigenvalue weighted by Crippen LogP contribution is 2.16. The molecule has 0 aliphatic heterocycles. The smallest absolute Gasteiger partial charge is 0.306 e. The number of hydrogen-bond donors (Lipinski definition) is 1. The molecule has 0 aliphatic rings. The Bertz CT molecular complexity index is 735. The highest BCUT2D eigenvalue weighted by atomic mass is 16.6. The first-order valence-corrected chi connectivity index (χ1v) is 22.7. The molecule has 0 aromatic carbocycles. The molecule has 1 N–H and O–H groups in total. The SMILES string of the molecule is CCCCCCCC/C=C/CCCCCCCCCCCCCC(=O)OC[C@H](CO)OC(=O)CCCCCCCCCCCCCCCCCC. The molecular weight excluding hydrogens is 633 g/mol. The summed E-state index contributed by atoms with van der Waals surface area (Å²) in [5.41, 5.74) is 0. The third-order valence-electron chi connectivity index (χ3n) is 10.3. The van der Waals surface area contributed by atoms with E-state index in [1.807, 2.05) is 0 Å². The third-order valence-corrected chi connectivity index (χ3v) is 10.3. The standard InChI is InChI=1S/C46H88O5/c1-3-5-7-9-11-13-15-17-19-21-22-23-24-25-27-28-30-32-34-36-38-40-45(48)50-43-44(42-47)51-46(49)41-39-37-35-33-31-29-26-20-18-16-14-12-10-8-6-4-2/h17,19,44,47H,3-16,18,20-43H2,1-2H3/b19-17+/t44-/m0/s1. The van der Waals surface area contributed by atoms with Crippen LogP contribution in [0.15, 0.2) is 12.2 Å². The van der Waals surface area contributed by atoms with Gasteiger partial charge in [-0.05, 0) is 38.5 Å². The van der Waals surface area contributed by atoms with Crippen LogP contribution in [-0.2, 0) is 19.1 Å². The average molecular weight is 721 g/mol. The molecule has 0 aromatic heterocycles. The van der Waals surface area contributed by atoms with Crippen molar-refractivity contribution in [3.63, 3.8) is 0 Å². The number of aliphatic hydroxyl groups is 1. The first kappa shape index (κ1) is 49.6. The topological polar surface area (TPSA) is 72.8 Å². The van der Waals surface area contributed by atoms with E-state index in [2.05, 4.69) is 26.0 Å². The summed E-state index contributed by atoms with van der Waals surface area (Å²) >= 11 is 0. The summed E-state index contributed by atoms with van der Waals surface area (Å²) in [5, 5.41) is 9.59. The van der Waals surface area contributed by atoms with Crippen molar-refractivity contribution < 1.29 is 24.2 Å². The quantitative estimate of drug-likeness (QED) is 0.0386. The summed E-state index contributed by atoms with van der Waals surface area (Å²) in [6.45, 7) is 4.17. The molecule has 5 nitrogen and oxygen atoms in total. The minimum atomic E-state index is -0.765. The van der Waals surface area contributed by atoms with Crippen LogP contribution >= 0.6 is 0 Å². The molecule has 0 aromatic rings. The Labute approximate surface area is 318 Å². The number of allylic oxidation sites excluding steroid dienone is 2. The predicted octanol–water partition coefficient (Wildman–Crippen LogP) is 14.5. The van der Waals surface area contributed by atoms with Gasteiger partial charge in [-0.15, -0.1) is 0 Å².